The zero-order chi connectivity index (χ0) is 12.0. The van der Waals surface area contributed by atoms with E-state index < -0.39 is 0 Å². The molecule has 0 aliphatic heterocycles. The molecular formula is C12H15Cl2NO. The van der Waals surface area contributed by atoms with Crippen molar-refractivity contribution in [2.75, 3.05) is 6.61 Å². The van der Waals surface area contributed by atoms with Crippen molar-refractivity contribution in [1.82, 2.24) is 0 Å². The topological polar surface area (TPSA) is 35.2 Å². The van der Waals surface area contributed by atoms with Gasteiger partial charge in [0.25, 0.3) is 0 Å². The molecule has 0 aromatic heterocycles. The SMILES string of the molecule is CC(N)Cc1ccc(OCC(Cl)=CCl)cc1. The summed E-state index contributed by atoms with van der Waals surface area (Å²) < 4.78 is 5.40. The Hall–Kier alpha value is -0.700. The van der Waals surface area contributed by atoms with Gasteiger partial charge in [0.1, 0.15) is 12.4 Å². The molecule has 0 heterocycles. The van der Waals surface area contributed by atoms with E-state index in [4.69, 9.17) is 33.7 Å². The van der Waals surface area contributed by atoms with E-state index in [9.17, 15) is 0 Å². The van der Waals surface area contributed by atoms with Crippen LogP contribution in [0.15, 0.2) is 34.8 Å². The van der Waals surface area contributed by atoms with Gasteiger partial charge in [-0.2, -0.15) is 0 Å². The highest BCUT2D eigenvalue weighted by Crippen LogP contribution is 2.15. The van der Waals surface area contributed by atoms with Gasteiger partial charge in [-0.3, -0.25) is 0 Å². The van der Waals surface area contributed by atoms with Gasteiger partial charge in [-0.25, -0.2) is 0 Å². The summed E-state index contributed by atoms with van der Waals surface area (Å²) >= 11 is 11.1. The highest BCUT2D eigenvalue weighted by molar-refractivity contribution is 6.36. The van der Waals surface area contributed by atoms with Gasteiger partial charge in [-0.05, 0) is 31.0 Å². The smallest absolute Gasteiger partial charge is 0.125 e. The maximum absolute atomic E-state index is 5.71. The standard InChI is InChI=1S/C12H15Cl2NO/c1-9(15)6-10-2-4-12(5-3-10)16-8-11(14)7-13/h2-5,7,9H,6,8,15H2,1H3. The van der Waals surface area contributed by atoms with Crippen LogP contribution in [0.1, 0.15) is 12.5 Å². The van der Waals surface area contributed by atoms with Gasteiger partial charge in [-0.15, -0.1) is 0 Å². The molecule has 88 valence electrons. The van der Waals surface area contributed by atoms with Gasteiger partial charge >= 0.3 is 0 Å². The summed E-state index contributed by atoms with van der Waals surface area (Å²) in [6.07, 6.45) is 0.864. The van der Waals surface area contributed by atoms with Gasteiger partial charge in [0, 0.05) is 11.6 Å². The fraction of sp³-hybridized carbons (Fsp3) is 0.333. The molecule has 0 aliphatic carbocycles. The zero-order valence-electron chi connectivity index (χ0n) is 9.12. The van der Waals surface area contributed by atoms with E-state index >= 15 is 0 Å². The van der Waals surface area contributed by atoms with E-state index in [1.54, 1.807) is 0 Å². The summed E-state index contributed by atoms with van der Waals surface area (Å²) in [5, 5.41) is 0.473. The van der Waals surface area contributed by atoms with Crippen LogP contribution in [0.4, 0.5) is 0 Å². The minimum absolute atomic E-state index is 0.167. The lowest BCUT2D eigenvalue weighted by Gasteiger charge is -2.07. The molecule has 1 aromatic rings. The second-order valence-electron chi connectivity index (χ2n) is 3.67. The molecule has 0 spiro atoms. The first-order chi connectivity index (χ1) is 7.61. The van der Waals surface area contributed by atoms with Crippen molar-refractivity contribution in [2.24, 2.45) is 5.73 Å². The van der Waals surface area contributed by atoms with Gasteiger partial charge in [0.2, 0.25) is 0 Å². The predicted molar refractivity (Wildman–Crippen MR) is 69.1 cm³/mol. The zero-order valence-corrected chi connectivity index (χ0v) is 10.6. The van der Waals surface area contributed by atoms with Gasteiger partial charge in [0.05, 0.1) is 5.03 Å². The Kier molecular flexibility index (Phi) is 5.67. The number of halogens is 2. The van der Waals surface area contributed by atoms with Crippen molar-refractivity contribution in [3.63, 3.8) is 0 Å². The van der Waals surface area contributed by atoms with E-state index in [2.05, 4.69) is 0 Å². The Labute approximate surface area is 106 Å². The number of nitrogens with two attached hydrogens (primary N) is 1. The Morgan fingerprint density at radius 2 is 2.06 bits per heavy atom. The highest BCUT2D eigenvalue weighted by atomic mass is 35.5. The number of hydrogen-bond donors (Lipinski definition) is 1. The van der Waals surface area contributed by atoms with Crippen molar-refractivity contribution < 1.29 is 4.74 Å². The largest absolute Gasteiger partial charge is 0.488 e. The fourth-order valence-corrected chi connectivity index (χ4v) is 1.39. The van der Waals surface area contributed by atoms with Crippen LogP contribution in [-0.2, 0) is 6.42 Å². The van der Waals surface area contributed by atoms with E-state index in [1.165, 1.54) is 11.1 Å². The number of rotatable bonds is 5. The van der Waals surface area contributed by atoms with Crippen LogP contribution in [-0.4, -0.2) is 12.6 Å². The van der Waals surface area contributed by atoms with Crippen molar-refractivity contribution in [2.45, 2.75) is 19.4 Å². The van der Waals surface area contributed by atoms with Crippen LogP contribution in [0.2, 0.25) is 0 Å². The number of ether oxygens (including phenoxy) is 1. The van der Waals surface area contributed by atoms with E-state index in [0.29, 0.717) is 5.03 Å². The Morgan fingerprint density at radius 1 is 1.44 bits per heavy atom. The van der Waals surface area contributed by atoms with E-state index in [0.717, 1.165) is 12.2 Å². The first kappa shape index (κ1) is 13.4. The van der Waals surface area contributed by atoms with Crippen LogP contribution in [0.25, 0.3) is 0 Å². The average Bonchev–Trinajstić information content (AvgIpc) is 2.27. The normalized spacial score (nSPS) is 13.6. The van der Waals surface area contributed by atoms with Crippen LogP contribution in [0.5, 0.6) is 5.75 Å². The van der Waals surface area contributed by atoms with Gasteiger partial charge in [-0.1, -0.05) is 35.3 Å². The maximum Gasteiger partial charge on any atom is 0.125 e. The first-order valence-electron chi connectivity index (χ1n) is 5.04. The quantitative estimate of drug-likeness (QED) is 0.881. The molecule has 4 heteroatoms. The second-order valence-corrected chi connectivity index (χ2v) is 4.37. The van der Waals surface area contributed by atoms with Crippen molar-refractivity contribution >= 4 is 23.2 Å². The van der Waals surface area contributed by atoms with Crippen LogP contribution in [0, 0.1) is 0 Å². The van der Waals surface area contributed by atoms with Crippen LogP contribution in [0.3, 0.4) is 0 Å². The lowest BCUT2D eigenvalue weighted by molar-refractivity contribution is 0.359. The van der Waals surface area contributed by atoms with Crippen LogP contribution < -0.4 is 10.5 Å². The summed E-state index contributed by atoms with van der Waals surface area (Å²) in [7, 11) is 0. The van der Waals surface area contributed by atoms with E-state index in [-0.39, 0.29) is 12.6 Å². The molecule has 1 atom stereocenters. The highest BCUT2D eigenvalue weighted by Gasteiger charge is 1.99. The molecule has 1 aromatic carbocycles. The third kappa shape index (κ3) is 4.88. The molecule has 0 radical (unpaired) electrons. The summed E-state index contributed by atoms with van der Waals surface area (Å²) in [6.45, 7) is 2.27. The number of benzene rings is 1. The van der Waals surface area contributed by atoms with E-state index in [1.807, 2.05) is 31.2 Å². The molecule has 16 heavy (non-hydrogen) atoms. The monoisotopic (exact) mass is 259 g/mol. The maximum atomic E-state index is 5.71. The fourth-order valence-electron chi connectivity index (χ4n) is 1.28. The third-order valence-corrected chi connectivity index (χ3v) is 2.57. The molecule has 0 saturated heterocycles. The summed E-state index contributed by atoms with van der Waals surface area (Å²) in [6, 6.07) is 7.96. The molecule has 0 amide bonds. The first-order valence-corrected chi connectivity index (χ1v) is 5.85. The molecule has 1 unspecified atom stereocenters. The minimum Gasteiger partial charge on any atom is -0.488 e. The Morgan fingerprint density at radius 3 is 2.56 bits per heavy atom. The van der Waals surface area contributed by atoms with Gasteiger partial charge < -0.3 is 10.5 Å². The molecule has 0 saturated carbocycles. The molecule has 1 rings (SSSR count). The summed E-state index contributed by atoms with van der Waals surface area (Å²) in [4.78, 5) is 0. The van der Waals surface area contributed by atoms with Crippen molar-refractivity contribution in [3.8, 4) is 5.75 Å². The Bertz CT molecular complexity index is 347. The lowest BCUT2D eigenvalue weighted by Crippen LogP contribution is -2.17. The molecule has 2 N–H and O–H groups in total. The van der Waals surface area contributed by atoms with Crippen LogP contribution >= 0.6 is 23.2 Å². The average molecular weight is 260 g/mol. The summed E-state index contributed by atoms with van der Waals surface area (Å²) in [5.74, 6) is 0.769. The molecule has 0 fully saturated rings. The Balaban J connectivity index is 2.51. The molecule has 2 nitrogen and oxygen atoms in total. The predicted octanol–water partition coefficient (Wildman–Crippen LogP) is 3.27. The number of hydrogen-bond acceptors (Lipinski definition) is 2. The minimum atomic E-state index is 0.167. The molecule has 0 bridgehead atoms. The molecule has 0 aliphatic rings. The molecular weight excluding hydrogens is 245 g/mol. The lowest BCUT2D eigenvalue weighted by atomic mass is 10.1. The summed E-state index contributed by atoms with van der Waals surface area (Å²) in [5.41, 5.74) is 8.20. The van der Waals surface area contributed by atoms with Crippen molar-refractivity contribution in [3.05, 3.63) is 40.4 Å². The van der Waals surface area contributed by atoms with Crippen molar-refractivity contribution in [1.29, 1.82) is 0 Å². The van der Waals surface area contributed by atoms with Gasteiger partial charge in [0.15, 0.2) is 0 Å². The third-order valence-electron chi connectivity index (χ3n) is 1.98. The second kappa shape index (κ2) is 6.79.